The predicted molar refractivity (Wildman–Crippen MR) is 110 cm³/mol. The van der Waals surface area contributed by atoms with Crippen molar-refractivity contribution in [2.75, 3.05) is 44.7 Å². The van der Waals surface area contributed by atoms with Crippen LogP contribution in [0, 0.1) is 13.8 Å². The topological polar surface area (TPSA) is 61.9 Å². The summed E-state index contributed by atoms with van der Waals surface area (Å²) in [5, 5.41) is 2.71. The Morgan fingerprint density at radius 2 is 1.71 bits per heavy atom. The second kappa shape index (κ2) is 8.78. The van der Waals surface area contributed by atoms with Crippen molar-refractivity contribution in [3.63, 3.8) is 0 Å². The van der Waals surface area contributed by atoms with Gasteiger partial charge in [-0.05, 0) is 43.2 Å². The van der Waals surface area contributed by atoms with Crippen molar-refractivity contribution >= 4 is 17.5 Å². The fourth-order valence-electron chi connectivity index (χ4n) is 3.47. The smallest absolute Gasteiger partial charge is 0.255 e. The first-order chi connectivity index (χ1) is 13.5. The van der Waals surface area contributed by atoms with Crippen molar-refractivity contribution in [2.24, 2.45) is 0 Å². The molecule has 2 aromatic carbocycles. The zero-order chi connectivity index (χ0) is 20.1. The van der Waals surface area contributed by atoms with Crippen LogP contribution in [0.4, 0.5) is 5.69 Å². The molecular formula is C22H27N3O3. The Hall–Kier alpha value is -3.02. The van der Waals surface area contributed by atoms with E-state index < -0.39 is 0 Å². The van der Waals surface area contributed by atoms with Crippen LogP contribution in [-0.2, 0) is 4.79 Å². The lowest BCUT2D eigenvalue weighted by Gasteiger charge is -2.37. The molecule has 0 aromatic heterocycles. The van der Waals surface area contributed by atoms with Gasteiger partial charge in [0.05, 0.1) is 19.2 Å². The van der Waals surface area contributed by atoms with Crippen LogP contribution in [0.2, 0.25) is 0 Å². The summed E-state index contributed by atoms with van der Waals surface area (Å²) < 4.78 is 5.20. The Kier molecular flexibility index (Phi) is 6.19. The molecule has 28 heavy (non-hydrogen) atoms. The maximum absolute atomic E-state index is 12.5. The highest BCUT2D eigenvalue weighted by Gasteiger charge is 2.23. The van der Waals surface area contributed by atoms with Crippen LogP contribution in [0.1, 0.15) is 21.5 Å². The first-order valence-corrected chi connectivity index (χ1v) is 9.51. The molecule has 1 aliphatic rings. The van der Waals surface area contributed by atoms with Crippen LogP contribution < -0.4 is 15.0 Å². The van der Waals surface area contributed by atoms with Crippen LogP contribution in [0.25, 0.3) is 0 Å². The molecule has 0 atom stereocenters. The third-order valence-corrected chi connectivity index (χ3v) is 5.30. The predicted octanol–water partition coefficient (Wildman–Crippen LogP) is 2.39. The van der Waals surface area contributed by atoms with Gasteiger partial charge in [0.15, 0.2) is 0 Å². The van der Waals surface area contributed by atoms with Crippen LogP contribution in [-0.4, -0.2) is 56.5 Å². The van der Waals surface area contributed by atoms with Crippen molar-refractivity contribution in [2.45, 2.75) is 13.8 Å². The Labute approximate surface area is 166 Å². The lowest BCUT2D eigenvalue weighted by Crippen LogP contribution is -2.51. The average Bonchev–Trinajstić information content (AvgIpc) is 2.73. The molecule has 0 saturated carbocycles. The summed E-state index contributed by atoms with van der Waals surface area (Å²) in [7, 11) is 1.52. The number of anilines is 1. The standard InChI is InChI=1S/C22H27N3O3/c1-16-7-6-9-19(17(16)2)24-11-13-25(14-12-24)21(26)15-23-22(27)18-8-4-5-10-20(18)28-3/h4-10H,11-15H2,1-3H3,(H,23,27). The van der Waals surface area contributed by atoms with Crippen LogP contribution in [0.5, 0.6) is 5.75 Å². The monoisotopic (exact) mass is 381 g/mol. The minimum atomic E-state index is -0.306. The van der Waals surface area contributed by atoms with Crippen molar-refractivity contribution in [1.29, 1.82) is 0 Å². The number of hydrogen-bond acceptors (Lipinski definition) is 4. The summed E-state index contributed by atoms with van der Waals surface area (Å²) in [5.41, 5.74) is 4.22. The van der Waals surface area contributed by atoms with Gasteiger partial charge in [-0.3, -0.25) is 9.59 Å². The third-order valence-electron chi connectivity index (χ3n) is 5.30. The first-order valence-electron chi connectivity index (χ1n) is 9.51. The first kappa shape index (κ1) is 19.7. The van der Waals surface area contributed by atoms with Crippen molar-refractivity contribution < 1.29 is 14.3 Å². The number of nitrogens with zero attached hydrogens (tertiary/aromatic N) is 2. The summed E-state index contributed by atoms with van der Waals surface area (Å²) >= 11 is 0. The van der Waals surface area contributed by atoms with Gasteiger partial charge in [0.25, 0.3) is 5.91 Å². The molecule has 6 heteroatoms. The normalized spacial score (nSPS) is 14.0. The zero-order valence-corrected chi connectivity index (χ0v) is 16.7. The Bertz CT molecular complexity index is 858. The molecule has 1 saturated heterocycles. The molecule has 6 nitrogen and oxygen atoms in total. The van der Waals surface area contributed by atoms with Gasteiger partial charge >= 0.3 is 0 Å². The molecule has 0 spiro atoms. The van der Waals surface area contributed by atoms with Gasteiger partial charge < -0.3 is 19.9 Å². The Morgan fingerprint density at radius 1 is 1.00 bits per heavy atom. The molecule has 0 unspecified atom stereocenters. The lowest BCUT2D eigenvalue weighted by molar-refractivity contribution is -0.130. The number of ether oxygens (including phenoxy) is 1. The number of aryl methyl sites for hydroxylation is 1. The van der Waals surface area contributed by atoms with Crippen LogP contribution in [0.3, 0.4) is 0 Å². The molecule has 1 fully saturated rings. The highest BCUT2D eigenvalue weighted by Crippen LogP contribution is 2.24. The third kappa shape index (κ3) is 4.27. The van der Waals surface area contributed by atoms with Crippen LogP contribution >= 0.6 is 0 Å². The largest absolute Gasteiger partial charge is 0.496 e. The summed E-state index contributed by atoms with van der Waals surface area (Å²) in [6, 6.07) is 13.3. The minimum absolute atomic E-state index is 0.0135. The van der Waals surface area contributed by atoms with Gasteiger partial charge in [0.2, 0.25) is 5.91 Å². The molecule has 0 bridgehead atoms. The maximum atomic E-state index is 12.5. The molecule has 1 N–H and O–H groups in total. The van der Waals surface area contributed by atoms with Gasteiger partial charge in [-0.1, -0.05) is 24.3 Å². The van der Waals surface area contributed by atoms with Crippen LogP contribution in [0.15, 0.2) is 42.5 Å². The van der Waals surface area contributed by atoms with E-state index in [1.165, 1.54) is 23.9 Å². The van der Waals surface area contributed by atoms with Gasteiger partial charge in [0, 0.05) is 31.9 Å². The molecule has 3 rings (SSSR count). The molecule has 0 aliphatic carbocycles. The highest BCUT2D eigenvalue weighted by atomic mass is 16.5. The number of amides is 2. The van der Waals surface area contributed by atoms with E-state index in [2.05, 4.69) is 42.3 Å². The number of hydrogen-bond donors (Lipinski definition) is 1. The summed E-state index contributed by atoms with van der Waals surface area (Å²) in [5.74, 6) is 0.123. The Morgan fingerprint density at radius 3 is 2.43 bits per heavy atom. The average molecular weight is 381 g/mol. The van der Waals surface area contributed by atoms with Gasteiger partial charge in [0.1, 0.15) is 5.75 Å². The summed E-state index contributed by atoms with van der Waals surface area (Å²) in [4.78, 5) is 29.0. The van der Waals surface area contributed by atoms with Crippen molar-refractivity contribution in [3.8, 4) is 5.75 Å². The number of rotatable bonds is 5. The number of nitrogens with one attached hydrogen (secondary N) is 1. The molecule has 1 aliphatic heterocycles. The maximum Gasteiger partial charge on any atom is 0.255 e. The van der Waals surface area contributed by atoms with E-state index >= 15 is 0 Å². The molecule has 2 amide bonds. The summed E-state index contributed by atoms with van der Waals surface area (Å²) in [6.07, 6.45) is 0. The van der Waals surface area contributed by atoms with E-state index in [1.807, 2.05) is 4.90 Å². The van der Waals surface area contributed by atoms with E-state index in [4.69, 9.17) is 4.74 Å². The number of para-hydroxylation sites is 1. The number of piperazine rings is 1. The Balaban J connectivity index is 1.53. The van der Waals surface area contributed by atoms with Gasteiger partial charge in [-0.15, -0.1) is 0 Å². The summed E-state index contributed by atoms with van der Waals surface area (Å²) in [6.45, 7) is 7.11. The molecule has 0 radical (unpaired) electrons. The molecule has 1 heterocycles. The fourth-order valence-corrected chi connectivity index (χ4v) is 3.47. The lowest BCUT2D eigenvalue weighted by atomic mass is 10.1. The fraction of sp³-hybridized carbons (Fsp3) is 0.364. The SMILES string of the molecule is COc1ccccc1C(=O)NCC(=O)N1CCN(c2cccc(C)c2C)CC1. The number of methoxy groups -OCH3 is 1. The number of carbonyl (C=O) groups is 2. The molecule has 148 valence electrons. The van der Waals surface area contributed by atoms with E-state index in [0.717, 1.165) is 13.1 Å². The molecule has 2 aromatic rings. The molecular weight excluding hydrogens is 354 g/mol. The second-order valence-electron chi connectivity index (χ2n) is 6.97. The van der Waals surface area contributed by atoms with Gasteiger partial charge in [-0.2, -0.15) is 0 Å². The second-order valence-corrected chi connectivity index (χ2v) is 6.97. The highest BCUT2D eigenvalue weighted by molar-refractivity contribution is 5.98. The van der Waals surface area contributed by atoms with E-state index in [1.54, 1.807) is 24.3 Å². The van der Waals surface area contributed by atoms with E-state index in [0.29, 0.717) is 24.4 Å². The van der Waals surface area contributed by atoms with Crippen molar-refractivity contribution in [1.82, 2.24) is 10.2 Å². The minimum Gasteiger partial charge on any atom is -0.496 e. The van der Waals surface area contributed by atoms with Gasteiger partial charge in [-0.25, -0.2) is 0 Å². The zero-order valence-electron chi connectivity index (χ0n) is 16.7. The van der Waals surface area contributed by atoms with E-state index in [9.17, 15) is 9.59 Å². The number of carbonyl (C=O) groups excluding carboxylic acids is 2. The van der Waals surface area contributed by atoms with Crippen molar-refractivity contribution in [3.05, 3.63) is 59.2 Å². The van der Waals surface area contributed by atoms with E-state index in [-0.39, 0.29) is 18.4 Å². The number of benzene rings is 2. The quantitative estimate of drug-likeness (QED) is 0.864.